The zero-order valence-corrected chi connectivity index (χ0v) is 44.1. The molecule has 2 atom stereocenters. The van der Waals surface area contributed by atoms with Gasteiger partial charge < -0.3 is 18.9 Å². The standard InChI is InChI=1S/C56H100NO8P/c1-6-8-10-12-14-16-18-20-22-24-26-27-28-29-31-32-34-36-38-40-42-44-46-48-55(58)62-52-54(53-64-66(60,61)63-51-50-57(3,4)5)65-56(59)49-47-45-43-41-39-37-35-33-30-25-23-21-19-17-15-13-11-9-7-2/h15,17,21,23,30,32-34,37,39-40,42,54H,6-14,16,18-20,22,24-29,31,35-36,38,41,43-53H2,1-5H3/p+1/b17-15+,23-21+,33-30+,34-32+,39-37+,42-40+/t54-/m1/s1. The second-order valence-electron chi connectivity index (χ2n) is 18.9. The van der Waals surface area contributed by atoms with Gasteiger partial charge in [-0.25, -0.2) is 4.57 Å². The number of hydrogen-bond donors (Lipinski definition) is 1. The molecule has 0 aromatic rings. The lowest BCUT2D eigenvalue weighted by Gasteiger charge is -2.24. The average Bonchev–Trinajstić information content (AvgIpc) is 3.27. The smallest absolute Gasteiger partial charge is 0.462 e. The largest absolute Gasteiger partial charge is 0.472 e. The third-order valence-corrected chi connectivity index (χ3v) is 12.2. The van der Waals surface area contributed by atoms with Gasteiger partial charge in [-0.1, -0.05) is 189 Å². The van der Waals surface area contributed by atoms with Crippen molar-refractivity contribution >= 4 is 19.8 Å². The molecule has 0 aromatic heterocycles. The molecule has 9 nitrogen and oxygen atoms in total. The Hall–Kier alpha value is -2.55. The fourth-order valence-electron chi connectivity index (χ4n) is 7.02. The second kappa shape index (κ2) is 47.5. The fraction of sp³-hybridized carbons (Fsp3) is 0.750. The van der Waals surface area contributed by atoms with Gasteiger partial charge in [-0.05, 0) is 89.9 Å². The van der Waals surface area contributed by atoms with E-state index in [4.69, 9.17) is 18.5 Å². The summed E-state index contributed by atoms with van der Waals surface area (Å²) in [4.78, 5) is 35.5. The lowest BCUT2D eigenvalue weighted by atomic mass is 10.0. The summed E-state index contributed by atoms with van der Waals surface area (Å²) in [6.45, 7) is 4.33. The SMILES string of the molecule is CCCCC/C=C/C/C=C/C/C=C/C/C=C/CCCCCC(=O)O[C@H](COC(=O)CCC/C=C/CC/C=C/CCCCCCCCCCCCCCCC)COP(=O)(O)OCC[N+](C)(C)C. The third kappa shape index (κ3) is 50.9. The summed E-state index contributed by atoms with van der Waals surface area (Å²) in [6.07, 6.45) is 61.2. The molecule has 1 unspecified atom stereocenters. The van der Waals surface area contributed by atoms with Crippen molar-refractivity contribution in [2.45, 2.75) is 225 Å². The van der Waals surface area contributed by atoms with E-state index in [1.165, 1.54) is 116 Å². The Kier molecular flexibility index (Phi) is 45.7. The average molecular weight is 947 g/mol. The topological polar surface area (TPSA) is 108 Å². The van der Waals surface area contributed by atoms with Crippen molar-refractivity contribution < 1.29 is 42.1 Å². The van der Waals surface area contributed by atoms with Crippen molar-refractivity contribution in [2.24, 2.45) is 0 Å². The van der Waals surface area contributed by atoms with E-state index in [2.05, 4.69) is 86.8 Å². The Morgan fingerprint density at radius 2 is 0.848 bits per heavy atom. The third-order valence-electron chi connectivity index (χ3n) is 11.2. The van der Waals surface area contributed by atoms with Crippen LogP contribution in [0.2, 0.25) is 0 Å². The molecule has 0 aliphatic rings. The van der Waals surface area contributed by atoms with E-state index in [1.54, 1.807) is 0 Å². The number of likely N-dealkylation sites (N-methyl/N-ethyl adjacent to an activating group) is 1. The minimum absolute atomic E-state index is 0.0164. The van der Waals surface area contributed by atoms with Crippen LogP contribution in [0.15, 0.2) is 72.9 Å². The van der Waals surface area contributed by atoms with Gasteiger partial charge in [-0.3, -0.25) is 18.6 Å². The summed E-state index contributed by atoms with van der Waals surface area (Å²) >= 11 is 0. The summed E-state index contributed by atoms with van der Waals surface area (Å²) in [5, 5.41) is 0. The van der Waals surface area contributed by atoms with E-state index in [0.717, 1.165) is 64.2 Å². The maximum atomic E-state index is 12.7. The summed E-state index contributed by atoms with van der Waals surface area (Å²) < 4.78 is 34.4. The maximum Gasteiger partial charge on any atom is 0.472 e. The number of esters is 2. The van der Waals surface area contributed by atoms with Crippen molar-refractivity contribution in [3.63, 3.8) is 0 Å². The monoisotopic (exact) mass is 947 g/mol. The number of quaternary nitrogens is 1. The van der Waals surface area contributed by atoms with Crippen LogP contribution in [0.5, 0.6) is 0 Å². The minimum Gasteiger partial charge on any atom is -0.462 e. The summed E-state index contributed by atoms with van der Waals surface area (Å²) in [5.74, 6) is -0.884. The van der Waals surface area contributed by atoms with Crippen LogP contribution in [0, 0.1) is 0 Å². The first-order valence-electron chi connectivity index (χ1n) is 26.7. The van der Waals surface area contributed by atoms with E-state index in [1.807, 2.05) is 21.1 Å². The molecule has 0 amide bonds. The lowest BCUT2D eigenvalue weighted by Crippen LogP contribution is -2.37. The highest BCUT2D eigenvalue weighted by Crippen LogP contribution is 2.43. The summed E-state index contributed by atoms with van der Waals surface area (Å²) in [7, 11) is 1.43. The van der Waals surface area contributed by atoms with Gasteiger partial charge in [0, 0.05) is 12.8 Å². The van der Waals surface area contributed by atoms with Crippen LogP contribution < -0.4 is 0 Å². The lowest BCUT2D eigenvalue weighted by molar-refractivity contribution is -0.870. The highest BCUT2D eigenvalue weighted by molar-refractivity contribution is 7.47. The Morgan fingerprint density at radius 1 is 0.470 bits per heavy atom. The van der Waals surface area contributed by atoms with Crippen LogP contribution in [0.4, 0.5) is 0 Å². The molecule has 0 saturated heterocycles. The quantitative estimate of drug-likeness (QED) is 0.0211. The molecular weight excluding hydrogens is 846 g/mol. The first kappa shape index (κ1) is 63.5. The first-order valence-corrected chi connectivity index (χ1v) is 28.2. The molecule has 10 heteroatoms. The molecule has 1 N–H and O–H groups in total. The van der Waals surface area contributed by atoms with Crippen LogP contribution in [-0.4, -0.2) is 74.9 Å². The van der Waals surface area contributed by atoms with Gasteiger partial charge in [0.2, 0.25) is 0 Å². The highest BCUT2D eigenvalue weighted by Gasteiger charge is 2.27. The molecule has 0 fully saturated rings. The minimum atomic E-state index is -4.40. The van der Waals surface area contributed by atoms with E-state index in [-0.39, 0.29) is 26.1 Å². The Morgan fingerprint density at radius 3 is 1.35 bits per heavy atom. The van der Waals surface area contributed by atoms with Crippen molar-refractivity contribution in [3.05, 3.63) is 72.9 Å². The number of hydrogen-bond acceptors (Lipinski definition) is 7. The van der Waals surface area contributed by atoms with Gasteiger partial charge in [0.25, 0.3) is 0 Å². The molecule has 0 bridgehead atoms. The molecule has 0 aliphatic heterocycles. The van der Waals surface area contributed by atoms with Crippen LogP contribution in [-0.2, 0) is 32.7 Å². The first-order chi connectivity index (χ1) is 32.0. The van der Waals surface area contributed by atoms with Gasteiger partial charge in [0.1, 0.15) is 19.8 Å². The Bertz CT molecular complexity index is 1350. The molecule has 0 aliphatic carbocycles. The van der Waals surface area contributed by atoms with Crippen LogP contribution in [0.3, 0.4) is 0 Å². The molecule has 0 aromatic carbocycles. The zero-order chi connectivity index (χ0) is 48.5. The number of nitrogens with zero attached hydrogens (tertiary/aromatic N) is 1. The maximum absolute atomic E-state index is 12.7. The van der Waals surface area contributed by atoms with Crippen LogP contribution >= 0.6 is 7.82 Å². The molecule has 382 valence electrons. The number of allylic oxidation sites excluding steroid dienone is 12. The number of rotatable bonds is 48. The number of unbranched alkanes of at least 4 members (excludes halogenated alkanes) is 22. The van der Waals surface area contributed by atoms with E-state index in [0.29, 0.717) is 23.9 Å². The van der Waals surface area contributed by atoms with Gasteiger partial charge in [-0.15, -0.1) is 0 Å². The zero-order valence-electron chi connectivity index (χ0n) is 43.2. The molecular formula is C56H101NO8P+. The molecule has 0 rings (SSSR count). The van der Waals surface area contributed by atoms with E-state index >= 15 is 0 Å². The number of carbonyl (C=O) groups excluding carboxylic acids is 2. The van der Waals surface area contributed by atoms with Crippen molar-refractivity contribution in [2.75, 3.05) is 47.5 Å². The predicted molar refractivity (Wildman–Crippen MR) is 279 cm³/mol. The van der Waals surface area contributed by atoms with Gasteiger partial charge >= 0.3 is 19.8 Å². The van der Waals surface area contributed by atoms with Gasteiger partial charge in [0.05, 0.1) is 27.7 Å². The molecule has 0 saturated carbocycles. The highest BCUT2D eigenvalue weighted by atomic mass is 31.2. The number of carbonyl (C=O) groups is 2. The fourth-order valence-corrected chi connectivity index (χ4v) is 7.76. The normalized spacial score (nSPS) is 14.0. The van der Waals surface area contributed by atoms with Crippen LogP contribution in [0.25, 0.3) is 0 Å². The van der Waals surface area contributed by atoms with Crippen molar-refractivity contribution in [1.29, 1.82) is 0 Å². The molecule has 0 heterocycles. The number of ether oxygens (including phenoxy) is 2. The Labute approximate surface area is 406 Å². The van der Waals surface area contributed by atoms with Crippen molar-refractivity contribution in [3.8, 4) is 0 Å². The Balaban J connectivity index is 4.34. The molecule has 0 radical (unpaired) electrons. The second-order valence-corrected chi connectivity index (χ2v) is 20.3. The van der Waals surface area contributed by atoms with Gasteiger partial charge in [-0.2, -0.15) is 0 Å². The van der Waals surface area contributed by atoms with E-state index < -0.39 is 32.5 Å². The van der Waals surface area contributed by atoms with Crippen LogP contribution in [0.1, 0.15) is 219 Å². The number of phosphoric acid groups is 1. The number of phosphoric ester groups is 1. The predicted octanol–water partition coefficient (Wildman–Crippen LogP) is 16.1. The summed E-state index contributed by atoms with van der Waals surface area (Å²) in [5.41, 5.74) is 0. The van der Waals surface area contributed by atoms with E-state index in [9.17, 15) is 19.0 Å². The molecule has 66 heavy (non-hydrogen) atoms. The summed E-state index contributed by atoms with van der Waals surface area (Å²) in [6, 6.07) is 0. The van der Waals surface area contributed by atoms with Crippen molar-refractivity contribution in [1.82, 2.24) is 0 Å². The van der Waals surface area contributed by atoms with Gasteiger partial charge in [0.15, 0.2) is 6.10 Å². The molecule has 0 spiro atoms.